The Morgan fingerprint density at radius 3 is 2.20 bits per heavy atom. The summed E-state index contributed by atoms with van der Waals surface area (Å²) < 4.78 is 5.49. The number of phenolic OH excluding ortho intramolecular Hbond substituents is 1. The molecule has 0 radical (unpaired) electrons. The molecule has 0 bridgehead atoms. The molecule has 2 saturated heterocycles. The zero-order valence-corrected chi connectivity index (χ0v) is 33.4. The molecule has 3 fully saturated rings. The summed E-state index contributed by atoms with van der Waals surface area (Å²) in [4.78, 5) is 74.0. The van der Waals surface area contributed by atoms with Gasteiger partial charge in [-0.3, -0.25) is 34.3 Å². The van der Waals surface area contributed by atoms with Gasteiger partial charge in [0, 0.05) is 22.1 Å². The number of hydrogen-bond donors (Lipinski definition) is 2. The fourth-order valence-corrected chi connectivity index (χ4v) is 10.3. The van der Waals surface area contributed by atoms with Gasteiger partial charge in [0.1, 0.15) is 11.5 Å². The van der Waals surface area contributed by atoms with Crippen LogP contribution in [0.25, 0.3) is 0 Å². The summed E-state index contributed by atoms with van der Waals surface area (Å²) in [6.07, 6.45) is 2.28. The van der Waals surface area contributed by atoms with E-state index in [0.717, 1.165) is 10.6 Å². The second-order valence-corrected chi connectivity index (χ2v) is 16.4. The number of carbonyl (C=O) groups is 5. The van der Waals surface area contributed by atoms with Crippen molar-refractivity contribution in [3.8, 4) is 11.5 Å². The third-order valence-corrected chi connectivity index (χ3v) is 13.1. The topological polar surface area (TPSA) is 133 Å². The Balaban J connectivity index is 1.16. The molecule has 9 rings (SSSR count). The molecule has 10 nitrogen and oxygen atoms in total. The van der Waals surface area contributed by atoms with Crippen LogP contribution >= 0.6 is 23.2 Å². The Bertz CT molecular complexity index is 2610. The van der Waals surface area contributed by atoms with Crippen LogP contribution in [-0.2, 0) is 24.6 Å². The summed E-state index contributed by atoms with van der Waals surface area (Å²) in [5, 5.41) is 12.3. The number of carbonyl (C=O) groups excluding carboxylic acids is 5. The molecule has 6 unspecified atom stereocenters. The smallest absolute Gasteiger partial charge is 0.260 e. The van der Waals surface area contributed by atoms with E-state index in [9.17, 15) is 19.5 Å². The first-order valence-corrected chi connectivity index (χ1v) is 20.0. The summed E-state index contributed by atoms with van der Waals surface area (Å²) in [6.45, 7) is 1.76. The fourth-order valence-electron chi connectivity index (χ4n) is 9.85. The first kappa shape index (κ1) is 38.3. The quantitative estimate of drug-likeness (QED) is 0.0906. The first-order valence-electron chi connectivity index (χ1n) is 19.3. The number of phenols is 1. The number of hydrogen-bond acceptors (Lipinski definition) is 8. The molecule has 4 amide bonds. The number of aryl methyl sites for hydroxylation is 1. The number of halogens is 2. The van der Waals surface area contributed by atoms with E-state index >= 15 is 9.59 Å². The van der Waals surface area contributed by atoms with Gasteiger partial charge in [0.15, 0.2) is 5.78 Å². The highest BCUT2D eigenvalue weighted by atomic mass is 35.5. The number of benzene rings is 5. The van der Waals surface area contributed by atoms with Crippen molar-refractivity contribution in [2.24, 2.45) is 23.7 Å². The van der Waals surface area contributed by atoms with Gasteiger partial charge < -0.3 is 9.84 Å². The molecule has 5 aromatic rings. The maximum absolute atomic E-state index is 15.5. The number of allylic oxidation sites excluding steroid dienone is 2. The minimum atomic E-state index is -1.54. The fraction of sp³-hybridized carbons (Fsp3) is 0.213. The van der Waals surface area contributed by atoms with Crippen molar-refractivity contribution in [1.82, 2.24) is 5.01 Å². The monoisotopic (exact) mass is 825 g/mol. The van der Waals surface area contributed by atoms with Gasteiger partial charge in [0.05, 0.1) is 46.7 Å². The standard InChI is InChI=1S/C47H37Cl2N3O7/c1-25-22-28(10-21-39(25)53)41-33-18-19-34-40(45(57)51(43(34)55)31-14-8-27(9-15-31)42(54)26-6-4-3-5-7-26)35(33)24-36-44(56)52(50-38-20-13-30(48)23-37(38)49)46(58)47(36,41)29-11-16-32(59-2)17-12-29/h3-18,20-23,34-36,40-41,50,53H,19,24H2,1-2H3. The minimum absolute atomic E-state index is 0.0621. The number of aromatic hydroxyl groups is 1. The van der Waals surface area contributed by atoms with Crippen LogP contribution in [0.2, 0.25) is 10.0 Å². The SMILES string of the molecule is COc1ccc(C23C(=O)N(Nc4ccc(Cl)cc4Cl)C(=O)C2CC2C(=CCC4C(=O)N(c5ccc(C(=O)c6ccccc6)cc5)C(=O)C42)C3c2ccc(O)c(C)c2)cc1. The number of hydrazine groups is 1. The van der Waals surface area contributed by atoms with Crippen LogP contribution < -0.4 is 15.1 Å². The Morgan fingerprint density at radius 2 is 1.53 bits per heavy atom. The van der Waals surface area contributed by atoms with Gasteiger partial charge in [-0.15, -0.1) is 0 Å². The third-order valence-electron chi connectivity index (χ3n) is 12.6. The lowest BCUT2D eigenvalue weighted by molar-refractivity contribution is -0.138. The summed E-state index contributed by atoms with van der Waals surface area (Å²) >= 11 is 12.8. The number of fused-ring (bicyclic) bond motifs is 4. The molecule has 2 N–H and O–H groups in total. The van der Waals surface area contributed by atoms with Crippen LogP contribution in [0.3, 0.4) is 0 Å². The summed E-state index contributed by atoms with van der Waals surface area (Å²) in [5.74, 6) is -5.36. The molecule has 2 heterocycles. The highest BCUT2D eigenvalue weighted by Crippen LogP contribution is 2.64. The highest BCUT2D eigenvalue weighted by molar-refractivity contribution is 6.36. The van der Waals surface area contributed by atoms with Crippen LogP contribution in [0.5, 0.6) is 11.5 Å². The molecule has 2 aliphatic carbocycles. The number of amides is 4. The Labute approximate surface area is 350 Å². The average Bonchev–Trinajstić information content (AvgIpc) is 3.63. The summed E-state index contributed by atoms with van der Waals surface area (Å²) in [6, 6.07) is 32.2. The van der Waals surface area contributed by atoms with E-state index < -0.39 is 52.7 Å². The predicted octanol–water partition coefficient (Wildman–Crippen LogP) is 8.44. The molecule has 0 spiro atoms. The van der Waals surface area contributed by atoms with E-state index in [-0.39, 0.29) is 35.3 Å². The molecule has 12 heteroatoms. The number of imide groups is 2. The van der Waals surface area contributed by atoms with Crippen LogP contribution in [0.15, 0.2) is 127 Å². The summed E-state index contributed by atoms with van der Waals surface area (Å²) in [5.41, 5.74) is 5.58. The predicted molar refractivity (Wildman–Crippen MR) is 222 cm³/mol. The average molecular weight is 827 g/mol. The normalized spacial score (nSPS) is 24.7. The molecule has 2 aliphatic heterocycles. The molecule has 6 atom stereocenters. The van der Waals surface area contributed by atoms with E-state index in [4.69, 9.17) is 27.9 Å². The highest BCUT2D eigenvalue weighted by Gasteiger charge is 2.70. The second kappa shape index (κ2) is 14.5. The number of anilines is 2. The van der Waals surface area contributed by atoms with Gasteiger partial charge in [-0.25, -0.2) is 0 Å². The lowest BCUT2D eigenvalue weighted by atomic mass is 9.49. The van der Waals surface area contributed by atoms with E-state index in [2.05, 4.69) is 5.43 Å². The molecule has 296 valence electrons. The number of ketones is 1. The van der Waals surface area contributed by atoms with Crippen molar-refractivity contribution in [3.63, 3.8) is 0 Å². The van der Waals surface area contributed by atoms with Crippen LogP contribution in [0, 0.1) is 30.6 Å². The van der Waals surface area contributed by atoms with Crippen LogP contribution in [-0.4, -0.2) is 46.6 Å². The van der Waals surface area contributed by atoms with Crippen molar-refractivity contribution in [2.45, 2.75) is 31.1 Å². The number of nitrogens with one attached hydrogen (secondary N) is 1. The minimum Gasteiger partial charge on any atom is -0.508 e. The maximum atomic E-state index is 15.5. The van der Waals surface area contributed by atoms with Crippen molar-refractivity contribution in [1.29, 1.82) is 0 Å². The number of ether oxygens (including phenoxy) is 1. The number of rotatable bonds is 8. The zero-order valence-electron chi connectivity index (χ0n) is 31.9. The van der Waals surface area contributed by atoms with E-state index in [1.165, 1.54) is 11.0 Å². The Hall–Kier alpha value is -6.23. The number of methoxy groups -OCH3 is 1. The van der Waals surface area contributed by atoms with Crippen molar-refractivity contribution in [2.75, 3.05) is 17.4 Å². The summed E-state index contributed by atoms with van der Waals surface area (Å²) in [7, 11) is 1.54. The van der Waals surface area contributed by atoms with Crippen LogP contribution in [0.4, 0.5) is 11.4 Å². The Kier molecular flexibility index (Phi) is 9.44. The lowest BCUT2D eigenvalue weighted by Gasteiger charge is -2.50. The largest absolute Gasteiger partial charge is 0.508 e. The molecule has 59 heavy (non-hydrogen) atoms. The molecule has 4 aliphatic rings. The van der Waals surface area contributed by atoms with Gasteiger partial charge in [-0.2, -0.15) is 5.01 Å². The second-order valence-electron chi connectivity index (χ2n) is 15.5. The molecular formula is C47H37Cl2N3O7. The van der Waals surface area contributed by atoms with Gasteiger partial charge in [-0.1, -0.05) is 89.4 Å². The zero-order chi connectivity index (χ0) is 41.3. The van der Waals surface area contributed by atoms with Crippen molar-refractivity contribution < 1.29 is 33.8 Å². The van der Waals surface area contributed by atoms with E-state index in [1.54, 1.807) is 111 Å². The van der Waals surface area contributed by atoms with Gasteiger partial charge >= 0.3 is 0 Å². The van der Waals surface area contributed by atoms with Crippen molar-refractivity contribution >= 4 is 64.0 Å². The molecule has 0 aromatic heterocycles. The van der Waals surface area contributed by atoms with Gasteiger partial charge in [0.2, 0.25) is 11.8 Å². The Morgan fingerprint density at radius 1 is 0.814 bits per heavy atom. The first-order chi connectivity index (χ1) is 28.4. The maximum Gasteiger partial charge on any atom is 0.260 e. The lowest BCUT2D eigenvalue weighted by Crippen LogP contribution is -2.53. The molecule has 1 saturated carbocycles. The van der Waals surface area contributed by atoms with Crippen LogP contribution in [0.1, 0.15) is 51.4 Å². The van der Waals surface area contributed by atoms with Gasteiger partial charge in [-0.05, 0) is 103 Å². The molecule has 5 aromatic carbocycles. The van der Waals surface area contributed by atoms with Gasteiger partial charge in [0.25, 0.3) is 11.8 Å². The van der Waals surface area contributed by atoms with E-state index in [0.29, 0.717) is 50.0 Å². The van der Waals surface area contributed by atoms with Crippen molar-refractivity contribution in [3.05, 3.63) is 165 Å². The van der Waals surface area contributed by atoms with E-state index in [1.807, 2.05) is 18.2 Å². The number of nitrogens with zero attached hydrogens (tertiary/aromatic N) is 2. The third kappa shape index (κ3) is 5.95. The molecular weight excluding hydrogens is 789 g/mol.